The molecular weight excluding hydrogens is 593 g/mol. The maximum Gasteiger partial charge on any atom is 0.264 e. The zero-order chi connectivity index (χ0) is 29.6. The topological polar surface area (TPSA) is 86.8 Å². The van der Waals surface area contributed by atoms with E-state index in [0.717, 1.165) is 9.87 Å². The molecule has 0 unspecified atom stereocenters. The highest BCUT2D eigenvalue weighted by atomic mass is 35.5. The van der Waals surface area contributed by atoms with Crippen LogP contribution in [0.25, 0.3) is 0 Å². The fourth-order valence-electron chi connectivity index (χ4n) is 3.87. The lowest BCUT2D eigenvalue weighted by Gasteiger charge is -2.32. The fraction of sp³-hybridized carbons (Fsp3) is 0.310. The predicted molar refractivity (Wildman–Crippen MR) is 161 cm³/mol. The average Bonchev–Trinajstić information content (AvgIpc) is 2.90. The van der Waals surface area contributed by atoms with E-state index >= 15 is 0 Å². The first-order chi connectivity index (χ1) is 18.8. The molecule has 0 saturated carbocycles. The number of hydrogen-bond donors (Lipinski definition) is 1. The summed E-state index contributed by atoms with van der Waals surface area (Å²) in [5.41, 5.74) is 1.57. The third kappa shape index (κ3) is 7.91. The van der Waals surface area contributed by atoms with Gasteiger partial charge in [0.15, 0.2) is 0 Å². The molecular formula is C29H32Cl3N3O4S. The molecule has 0 aliphatic heterocycles. The van der Waals surface area contributed by atoms with Crippen LogP contribution in [0.1, 0.15) is 31.9 Å². The van der Waals surface area contributed by atoms with Crippen LogP contribution in [0.5, 0.6) is 0 Å². The Morgan fingerprint density at radius 1 is 0.900 bits per heavy atom. The molecule has 3 rings (SSSR count). The van der Waals surface area contributed by atoms with E-state index in [2.05, 4.69) is 5.32 Å². The summed E-state index contributed by atoms with van der Waals surface area (Å²) in [6.45, 7) is 7.11. The van der Waals surface area contributed by atoms with Gasteiger partial charge in [-0.25, -0.2) is 8.42 Å². The van der Waals surface area contributed by atoms with Crippen molar-refractivity contribution >= 4 is 62.3 Å². The number of benzene rings is 3. The lowest BCUT2D eigenvalue weighted by atomic mass is 10.1. The van der Waals surface area contributed by atoms with E-state index in [9.17, 15) is 18.0 Å². The number of anilines is 1. The van der Waals surface area contributed by atoms with Crippen LogP contribution in [-0.2, 0) is 26.2 Å². The summed E-state index contributed by atoms with van der Waals surface area (Å²) in [5.74, 6) is -0.798. The van der Waals surface area contributed by atoms with Gasteiger partial charge in [0, 0.05) is 23.1 Å². The molecule has 1 N–H and O–H groups in total. The van der Waals surface area contributed by atoms with Crippen LogP contribution in [0.3, 0.4) is 0 Å². The second-order valence-corrected chi connectivity index (χ2v) is 13.0. The van der Waals surface area contributed by atoms with Crippen molar-refractivity contribution in [3.8, 4) is 0 Å². The lowest BCUT2D eigenvalue weighted by molar-refractivity contribution is -0.139. The highest BCUT2D eigenvalue weighted by molar-refractivity contribution is 7.92. The van der Waals surface area contributed by atoms with E-state index in [1.165, 1.54) is 23.1 Å². The Morgan fingerprint density at radius 2 is 1.55 bits per heavy atom. The standard InChI is InChI=1S/C29H32Cl3N3O4S/c1-19(2)16-33-29(37)21(4)34(17-22-11-12-23(30)15-26(22)32)28(36)18-35(27-8-6-5-7-25(27)31)40(38,39)24-13-9-20(3)10-14-24/h5-15,19,21H,16-18H2,1-4H3,(H,33,37)/t21-/m1/s1. The smallest absolute Gasteiger partial charge is 0.264 e. The van der Waals surface area contributed by atoms with E-state index < -0.39 is 28.5 Å². The first kappa shape index (κ1) is 31.7. The number of sulfonamides is 1. The van der Waals surface area contributed by atoms with Crippen molar-refractivity contribution < 1.29 is 18.0 Å². The Hall–Kier alpha value is -2.78. The highest BCUT2D eigenvalue weighted by Crippen LogP contribution is 2.31. The van der Waals surface area contributed by atoms with Gasteiger partial charge < -0.3 is 10.2 Å². The number of rotatable bonds is 11. The molecule has 7 nitrogen and oxygen atoms in total. The molecule has 0 aliphatic rings. The van der Waals surface area contributed by atoms with Crippen LogP contribution >= 0.6 is 34.8 Å². The Kier molecular flexibility index (Phi) is 10.9. The zero-order valence-electron chi connectivity index (χ0n) is 22.7. The third-order valence-corrected chi connectivity index (χ3v) is 8.90. The van der Waals surface area contributed by atoms with E-state index in [0.29, 0.717) is 22.2 Å². The summed E-state index contributed by atoms with van der Waals surface area (Å²) >= 11 is 18.9. The number of carbonyl (C=O) groups is 2. The van der Waals surface area contributed by atoms with E-state index in [1.807, 2.05) is 20.8 Å². The molecule has 2 amide bonds. The second kappa shape index (κ2) is 13.7. The minimum atomic E-state index is -4.22. The molecule has 0 saturated heterocycles. The molecule has 3 aromatic carbocycles. The Morgan fingerprint density at radius 3 is 2.15 bits per heavy atom. The van der Waals surface area contributed by atoms with Crippen LogP contribution in [-0.4, -0.2) is 44.3 Å². The number of amides is 2. The molecule has 3 aromatic rings. The highest BCUT2D eigenvalue weighted by Gasteiger charge is 2.33. The number of para-hydroxylation sites is 1. The quantitative estimate of drug-likeness (QED) is 0.270. The van der Waals surface area contributed by atoms with Crippen molar-refractivity contribution in [2.24, 2.45) is 5.92 Å². The molecule has 0 aliphatic carbocycles. The van der Waals surface area contributed by atoms with Gasteiger partial charge in [0.25, 0.3) is 10.0 Å². The van der Waals surface area contributed by atoms with Gasteiger partial charge >= 0.3 is 0 Å². The molecule has 0 aromatic heterocycles. The van der Waals surface area contributed by atoms with Crippen molar-refractivity contribution in [1.29, 1.82) is 0 Å². The number of halogens is 3. The number of nitrogens with one attached hydrogen (secondary N) is 1. The minimum absolute atomic E-state index is 0.000778. The van der Waals surface area contributed by atoms with Crippen LogP contribution < -0.4 is 9.62 Å². The number of hydrogen-bond acceptors (Lipinski definition) is 4. The van der Waals surface area contributed by atoms with E-state index in [1.54, 1.807) is 55.5 Å². The first-order valence-corrected chi connectivity index (χ1v) is 15.2. The molecule has 11 heteroatoms. The summed E-state index contributed by atoms with van der Waals surface area (Å²) in [4.78, 5) is 28.3. The predicted octanol–water partition coefficient (Wildman–Crippen LogP) is 6.34. The van der Waals surface area contributed by atoms with Crippen LogP contribution in [0, 0.1) is 12.8 Å². The van der Waals surface area contributed by atoms with Gasteiger partial charge in [-0.1, -0.05) is 84.5 Å². The van der Waals surface area contributed by atoms with Gasteiger partial charge in [-0.15, -0.1) is 0 Å². The molecule has 0 bridgehead atoms. The number of carbonyl (C=O) groups excluding carboxylic acids is 2. The van der Waals surface area contributed by atoms with Crippen molar-refractivity contribution in [1.82, 2.24) is 10.2 Å². The molecule has 40 heavy (non-hydrogen) atoms. The lowest BCUT2D eigenvalue weighted by Crippen LogP contribution is -2.51. The SMILES string of the molecule is Cc1ccc(S(=O)(=O)N(CC(=O)N(Cc2ccc(Cl)cc2Cl)[C@H](C)C(=O)NCC(C)C)c2ccccc2Cl)cc1. The summed E-state index contributed by atoms with van der Waals surface area (Å²) in [6.07, 6.45) is 0. The van der Waals surface area contributed by atoms with Crippen molar-refractivity contribution in [3.05, 3.63) is 92.9 Å². The maximum absolute atomic E-state index is 14.0. The summed E-state index contributed by atoms with van der Waals surface area (Å²) in [6, 6.07) is 16.6. The zero-order valence-corrected chi connectivity index (χ0v) is 25.8. The summed E-state index contributed by atoms with van der Waals surface area (Å²) < 4.78 is 28.7. The maximum atomic E-state index is 14.0. The van der Waals surface area contributed by atoms with Crippen molar-refractivity contribution in [2.75, 3.05) is 17.4 Å². The monoisotopic (exact) mass is 623 g/mol. The molecule has 0 radical (unpaired) electrons. The van der Waals surface area contributed by atoms with Crippen LogP contribution in [0.2, 0.25) is 15.1 Å². The Labute approximate surface area is 251 Å². The first-order valence-electron chi connectivity index (χ1n) is 12.7. The van der Waals surface area contributed by atoms with E-state index in [-0.39, 0.29) is 34.0 Å². The van der Waals surface area contributed by atoms with Gasteiger partial charge in [0.2, 0.25) is 11.8 Å². The van der Waals surface area contributed by atoms with Gasteiger partial charge in [-0.3, -0.25) is 13.9 Å². The summed E-state index contributed by atoms with van der Waals surface area (Å²) in [7, 11) is -4.22. The Bertz CT molecular complexity index is 1460. The fourth-order valence-corrected chi connectivity index (χ4v) is 6.06. The summed E-state index contributed by atoms with van der Waals surface area (Å²) in [5, 5.41) is 3.73. The molecule has 1 atom stereocenters. The molecule has 0 heterocycles. The van der Waals surface area contributed by atoms with Gasteiger partial charge in [0.05, 0.1) is 15.6 Å². The minimum Gasteiger partial charge on any atom is -0.354 e. The van der Waals surface area contributed by atoms with Crippen molar-refractivity contribution in [2.45, 2.75) is 45.2 Å². The molecule has 0 spiro atoms. The Balaban J connectivity index is 2.05. The number of aryl methyl sites for hydroxylation is 1. The van der Waals surface area contributed by atoms with Crippen LogP contribution in [0.15, 0.2) is 71.6 Å². The largest absolute Gasteiger partial charge is 0.354 e. The molecule has 0 fully saturated rings. The van der Waals surface area contributed by atoms with Gasteiger partial charge in [0.1, 0.15) is 12.6 Å². The second-order valence-electron chi connectivity index (χ2n) is 9.85. The van der Waals surface area contributed by atoms with Gasteiger partial charge in [-0.05, 0) is 61.7 Å². The molecule has 214 valence electrons. The van der Waals surface area contributed by atoms with E-state index in [4.69, 9.17) is 34.8 Å². The van der Waals surface area contributed by atoms with Crippen LogP contribution in [0.4, 0.5) is 5.69 Å². The van der Waals surface area contributed by atoms with Crippen molar-refractivity contribution in [3.63, 3.8) is 0 Å². The normalized spacial score (nSPS) is 12.2. The number of nitrogens with zero attached hydrogens (tertiary/aromatic N) is 2. The average molecular weight is 625 g/mol. The third-order valence-electron chi connectivity index (χ3n) is 6.22. The van der Waals surface area contributed by atoms with Gasteiger partial charge in [-0.2, -0.15) is 0 Å².